The maximum absolute atomic E-state index is 10.7. The van der Waals surface area contributed by atoms with Crippen LogP contribution in [0.2, 0.25) is 0 Å². The fourth-order valence-electron chi connectivity index (χ4n) is 1.43. The topological polar surface area (TPSA) is 26.3 Å². The Labute approximate surface area is 114 Å². The number of carbonyl (C=O) groups is 1. The molecule has 0 aliphatic heterocycles. The predicted molar refractivity (Wildman–Crippen MR) is 75.8 cm³/mol. The van der Waals surface area contributed by atoms with Crippen LogP contribution in [0.5, 0.6) is 11.5 Å². The molecule has 17 heavy (non-hydrogen) atoms. The van der Waals surface area contributed by atoms with Gasteiger partial charge >= 0.3 is 0 Å². The highest BCUT2D eigenvalue weighted by molar-refractivity contribution is 14.1. The molecule has 0 unspecified atom stereocenters. The van der Waals surface area contributed by atoms with Crippen molar-refractivity contribution in [3.63, 3.8) is 0 Å². The van der Waals surface area contributed by atoms with Gasteiger partial charge in [0.1, 0.15) is 17.8 Å². The van der Waals surface area contributed by atoms with Crippen LogP contribution in [0, 0.1) is 10.5 Å². The van der Waals surface area contributed by atoms with Gasteiger partial charge in [0.2, 0.25) is 0 Å². The maximum atomic E-state index is 10.7. The van der Waals surface area contributed by atoms with Crippen LogP contribution in [0.1, 0.15) is 15.9 Å². The minimum atomic E-state index is 0.621. The van der Waals surface area contributed by atoms with Crippen LogP contribution in [-0.2, 0) is 0 Å². The zero-order valence-corrected chi connectivity index (χ0v) is 11.5. The number of benzene rings is 2. The third kappa shape index (κ3) is 3.06. The second-order valence-corrected chi connectivity index (χ2v) is 4.94. The zero-order valence-electron chi connectivity index (χ0n) is 9.31. The monoisotopic (exact) mass is 338 g/mol. The molecule has 0 N–H and O–H groups in total. The molecule has 0 fully saturated rings. The van der Waals surface area contributed by atoms with E-state index < -0.39 is 0 Å². The van der Waals surface area contributed by atoms with Crippen LogP contribution < -0.4 is 4.74 Å². The van der Waals surface area contributed by atoms with Gasteiger partial charge < -0.3 is 4.74 Å². The quantitative estimate of drug-likeness (QED) is 0.619. The van der Waals surface area contributed by atoms with Crippen LogP contribution in [0.4, 0.5) is 0 Å². The molecule has 2 nitrogen and oxygen atoms in total. The van der Waals surface area contributed by atoms with Crippen molar-refractivity contribution >= 4 is 28.9 Å². The van der Waals surface area contributed by atoms with Crippen molar-refractivity contribution in [1.29, 1.82) is 0 Å². The highest BCUT2D eigenvalue weighted by atomic mass is 127. The average Bonchev–Trinajstić information content (AvgIpc) is 2.35. The third-order valence-corrected chi connectivity index (χ3v) is 3.11. The van der Waals surface area contributed by atoms with E-state index in [4.69, 9.17) is 4.74 Å². The van der Waals surface area contributed by atoms with Gasteiger partial charge in [-0.05, 0) is 65.4 Å². The molecule has 2 aromatic carbocycles. The second kappa shape index (κ2) is 5.31. The lowest BCUT2D eigenvalue weighted by atomic mass is 10.1. The predicted octanol–water partition coefficient (Wildman–Crippen LogP) is 4.20. The van der Waals surface area contributed by atoms with Gasteiger partial charge in [-0.25, -0.2) is 0 Å². The van der Waals surface area contributed by atoms with Gasteiger partial charge in [-0.2, -0.15) is 0 Å². The maximum Gasteiger partial charge on any atom is 0.150 e. The molecule has 0 spiro atoms. The number of aldehydes is 1. The SMILES string of the molecule is Cc1ccc(C=O)cc1Oc1ccc(I)cc1. The van der Waals surface area contributed by atoms with Gasteiger partial charge in [-0.3, -0.25) is 4.79 Å². The molecule has 3 heteroatoms. The van der Waals surface area contributed by atoms with E-state index in [1.54, 1.807) is 12.1 Å². The van der Waals surface area contributed by atoms with Crippen molar-refractivity contribution in [2.24, 2.45) is 0 Å². The molecule has 0 amide bonds. The van der Waals surface area contributed by atoms with E-state index in [9.17, 15) is 4.79 Å². The summed E-state index contributed by atoms with van der Waals surface area (Å²) in [5.41, 5.74) is 1.63. The van der Waals surface area contributed by atoms with E-state index >= 15 is 0 Å². The highest BCUT2D eigenvalue weighted by Crippen LogP contribution is 2.26. The summed E-state index contributed by atoms with van der Waals surface area (Å²) in [6.07, 6.45) is 0.820. The molecule has 86 valence electrons. The van der Waals surface area contributed by atoms with Gasteiger partial charge in [0.15, 0.2) is 0 Å². The fourth-order valence-corrected chi connectivity index (χ4v) is 1.79. The highest BCUT2D eigenvalue weighted by Gasteiger charge is 2.03. The Kier molecular flexibility index (Phi) is 3.78. The van der Waals surface area contributed by atoms with Crippen LogP contribution in [0.15, 0.2) is 42.5 Å². The van der Waals surface area contributed by atoms with Crippen LogP contribution in [-0.4, -0.2) is 6.29 Å². The number of ether oxygens (including phenoxy) is 1. The van der Waals surface area contributed by atoms with Gasteiger partial charge in [-0.15, -0.1) is 0 Å². The van der Waals surface area contributed by atoms with Crippen molar-refractivity contribution < 1.29 is 9.53 Å². The van der Waals surface area contributed by atoms with E-state index in [2.05, 4.69) is 22.6 Å². The lowest BCUT2D eigenvalue weighted by Crippen LogP contribution is -1.90. The average molecular weight is 338 g/mol. The normalized spacial score (nSPS) is 10.0. The van der Waals surface area contributed by atoms with Crippen molar-refractivity contribution in [3.8, 4) is 11.5 Å². The summed E-state index contributed by atoms with van der Waals surface area (Å²) < 4.78 is 6.90. The molecule has 0 aromatic heterocycles. The summed E-state index contributed by atoms with van der Waals surface area (Å²) in [6, 6.07) is 13.2. The Hall–Kier alpha value is -1.36. The van der Waals surface area contributed by atoms with E-state index in [1.165, 1.54) is 0 Å². The van der Waals surface area contributed by atoms with Gasteiger partial charge in [0.25, 0.3) is 0 Å². The molecular weight excluding hydrogens is 327 g/mol. The number of rotatable bonds is 3. The van der Waals surface area contributed by atoms with E-state index in [0.29, 0.717) is 5.56 Å². The Morgan fingerprint density at radius 1 is 1.12 bits per heavy atom. The molecule has 0 atom stereocenters. The summed E-state index contributed by atoms with van der Waals surface area (Å²) in [5.74, 6) is 1.49. The first-order chi connectivity index (χ1) is 8.19. The van der Waals surface area contributed by atoms with E-state index in [-0.39, 0.29) is 0 Å². The first kappa shape index (κ1) is 12.1. The number of carbonyl (C=O) groups excluding carboxylic acids is 1. The molecule has 0 radical (unpaired) electrons. The van der Waals surface area contributed by atoms with Gasteiger partial charge in [0, 0.05) is 9.13 Å². The summed E-state index contributed by atoms with van der Waals surface area (Å²) in [6.45, 7) is 1.95. The molecule has 2 aromatic rings. The van der Waals surface area contributed by atoms with Crippen LogP contribution in [0.25, 0.3) is 0 Å². The van der Waals surface area contributed by atoms with E-state index in [0.717, 1.165) is 26.9 Å². The zero-order chi connectivity index (χ0) is 12.3. The van der Waals surface area contributed by atoms with Crippen molar-refractivity contribution in [2.75, 3.05) is 0 Å². The van der Waals surface area contributed by atoms with Crippen molar-refractivity contribution in [1.82, 2.24) is 0 Å². The van der Waals surface area contributed by atoms with Crippen molar-refractivity contribution in [2.45, 2.75) is 6.92 Å². The van der Waals surface area contributed by atoms with Crippen LogP contribution >= 0.6 is 22.6 Å². The number of hydrogen-bond acceptors (Lipinski definition) is 2. The fraction of sp³-hybridized carbons (Fsp3) is 0.0714. The molecular formula is C14H11IO2. The van der Waals surface area contributed by atoms with Gasteiger partial charge in [-0.1, -0.05) is 12.1 Å². The summed E-state index contributed by atoms with van der Waals surface area (Å²) >= 11 is 2.24. The molecule has 0 saturated heterocycles. The summed E-state index contributed by atoms with van der Waals surface area (Å²) in [7, 11) is 0. The molecule has 0 saturated carbocycles. The smallest absolute Gasteiger partial charge is 0.150 e. The standard InChI is InChI=1S/C14H11IO2/c1-10-2-3-11(9-16)8-14(10)17-13-6-4-12(15)5-7-13/h2-9H,1H3. The Bertz CT molecular complexity index is 532. The number of halogens is 1. The van der Waals surface area contributed by atoms with Crippen LogP contribution in [0.3, 0.4) is 0 Å². The largest absolute Gasteiger partial charge is 0.457 e. The minimum absolute atomic E-state index is 0.621. The number of aryl methyl sites for hydroxylation is 1. The molecule has 0 heterocycles. The van der Waals surface area contributed by atoms with Gasteiger partial charge in [0.05, 0.1) is 0 Å². The van der Waals surface area contributed by atoms with E-state index in [1.807, 2.05) is 37.3 Å². The van der Waals surface area contributed by atoms with Crippen molar-refractivity contribution in [3.05, 3.63) is 57.2 Å². The first-order valence-electron chi connectivity index (χ1n) is 5.18. The molecule has 2 rings (SSSR count). The second-order valence-electron chi connectivity index (χ2n) is 3.70. The molecule has 0 aliphatic rings. The third-order valence-electron chi connectivity index (χ3n) is 2.39. The number of hydrogen-bond donors (Lipinski definition) is 0. The Balaban J connectivity index is 2.28. The Morgan fingerprint density at radius 3 is 2.47 bits per heavy atom. The Morgan fingerprint density at radius 2 is 1.82 bits per heavy atom. The summed E-state index contributed by atoms with van der Waals surface area (Å²) in [4.78, 5) is 10.7. The lowest BCUT2D eigenvalue weighted by molar-refractivity contribution is 0.112. The first-order valence-corrected chi connectivity index (χ1v) is 6.26. The lowest BCUT2D eigenvalue weighted by Gasteiger charge is -2.09. The summed E-state index contributed by atoms with van der Waals surface area (Å²) in [5, 5.41) is 0. The minimum Gasteiger partial charge on any atom is -0.457 e. The molecule has 0 bridgehead atoms. The molecule has 0 aliphatic carbocycles.